The molecular formula is C17H16F3N3OS. The molecule has 2 aromatic rings. The summed E-state index contributed by atoms with van der Waals surface area (Å²) in [7, 11) is 0. The number of benzene rings is 1. The molecule has 1 aliphatic rings. The lowest BCUT2D eigenvalue weighted by Crippen LogP contribution is -2.33. The highest BCUT2D eigenvalue weighted by Gasteiger charge is 2.32. The highest BCUT2D eigenvalue weighted by atomic mass is 32.1. The number of thiazole rings is 1. The zero-order valence-corrected chi connectivity index (χ0v) is 14.4. The first kappa shape index (κ1) is 17.5. The third-order valence-corrected chi connectivity index (χ3v) is 4.82. The van der Waals surface area contributed by atoms with E-state index in [1.54, 1.807) is 16.3 Å². The Morgan fingerprint density at radius 3 is 2.64 bits per heavy atom. The molecule has 132 valence electrons. The Labute approximate surface area is 146 Å². The fourth-order valence-corrected chi connectivity index (χ4v) is 3.54. The van der Waals surface area contributed by atoms with E-state index in [0.717, 1.165) is 12.1 Å². The van der Waals surface area contributed by atoms with Gasteiger partial charge < -0.3 is 10.0 Å². The maximum absolute atomic E-state index is 12.9. The highest BCUT2D eigenvalue weighted by Crippen LogP contribution is 2.35. The monoisotopic (exact) mass is 367 g/mol. The number of nitrogens with zero attached hydrogens (tertiary/aromatic N) is 2. The second-order valence-corrected chi connectivity index (χ2v) is 6.87. The van der Waals surface area contributed by atoms with E-state index in [4.69, 9.17) is 5.41 Å². The van der Waals surface area contributed by atoms with E-state index >= 15 is 0 Å². The topological polar surface area (TPSA) is 60.2 Å². The third kappa shape index (κ3) is 3.26. The molecular weight excluding hydrogens is 351 g/mol. The van der Waals surface area contributed by atoms with Crippen LogP contribution in [0.3, 0.4) is 0 Å². The number of hydrogen-bond donors (Lipinski definition) is 2. The van der Waals surface area contributed by atoms with E-state index in [1.165, 1.54) is 17.4 Å². The van der Waals surface area contributed by atoms with Gasteiger partial charge in [-0.1, -0.05) is 12.1 Å². The Bertz CT molecular complexity index is 855. The fourth-order valence-electron chi connectivity index (χ4n) is 2.64. The molecule has 25 heavy (non-hydrogen) atoms. The number of amidine groups is 1. The van der Waals surface area contributed by atoms with Crippen LogP contribution < -0.4 is 0 Å². The Morgan fingerprint density at radius 1 is 1.32 bits per heavy atom. The molecule has 0 saturated carbocycles. The Balaban J connectivity index is 1.94. The van der Waals surface area contributed by atoms with Gasteiger partial charge in [-0.25, -0.2) is 4.98 Å². The molecule has 0 radical (unpaired) electrons. The van der Waals surface area contributed by atoms with Gasteiger partial charge in [-0.15, -0.1) is 11.3 Å². The van der Waals surface area contributed by atoms with Gasteiger partial charge in [-0.05, 0) is 26.0 Å². The average molecular weight is 367 g/mol. The van der Waals surface area contributed by atoms with E-state index in [1.807, 2.05) is 13.8 Å². The zero-order chi connectivity index (χ0) is 18.4. The zero-order valence-electron chi connectivity index (χ0n) is 13.6. The highest BCUT2D eigenvalue weighted by molar-refractivity contribution is 7.11. The summed E-state index contributed by atoms with van der Waals surface area (Å²) < 4.78 is 38.6. The fraction of sp³-hybridized carbons (Fsp3) is 0.294. The van der Waals surface area contributed by atoms with Gasteiger partial charge in [0.1, 0.15) is 16.6 Å². The van der Waals surface area contributed by atoms with Crippen LogP contribution in [0.1, 0.15) is 24.4 Å². The van der Waals surface area contributed by atoms with Crippen molar-refractivity contribution < 1.29 is 18.3 Å². The van der Waals surface area contributed by atoms with Crippen LogP contribution in [-0.4, -0.2) is 33.4 Å². The van der Waals surface area contributed by atoms with Gasteiger partial charge in [-0.3, -0.25) is 5.41 Å². The van der Waals surface area contributed by atoms with Crippen molar-refractivity contribution >= 4 is 22.7 Å². The minimum absolute atomic E-state index is 0.0510. The number of hydrogen-bond acceptors (Lipinski definition) is 4. The van der Waals surface area contributed by atoms with Crippen molar-refractivity contribution in [1.29, 1.82) is 5.41 Å². The van der Waals surface area contributed by atoms with Crippen LogP contribution in [0, 0.1) is 5.41 Å². The van der Waals surface area contributed by atoms with Crippen LogP contribution in [0.4, 0.5) is 13.2 Å². The first-order chi connectivity index (χ1) is 11.7. The van der Waals surface area contributed by atoms with Crippen LogP contribution in [0.15, 0.2) is 35.4 Å². The van der Waals surface area contributed by atoms with Crippen molar-refractivity contribution in [3.8, 4) is 11.3 Å². The van der Waals surface area contributed by atoms with Gasteiger partial charge in [0.25, 0.3) is 0 Å². The van der Waals surface area contributed by atoms with E-state index in [0.29, 0.717) is 21.8 Å². The quantitative estimate of drug-likeness (QED) is 0.819. The SMILES string of the molecule is CC(C)N1CC(O)=C(c2nc(-c3cccc(C(F)(F)F)c3)cs2)C1=N. The third-order valence-electron chi connectivity index (χ3n) is 3.96. The summed E-state index contributed by atoms with van der Waals surface area (Å²) in [4.78, 5) is 6.08. The molecule has 0 unspecified atom stereocenters. The summed E-state index contributed by atoms with van der Waals surface area (Å²) in [6.45, 7) is 4.08. The molecule has 2 N–H and O–H groups in total. The number of aliphatic hydroxyl groups is 1. The van der Waals surface area contributed by atoms with Crippen LogP contribution in [0.25, 0.3) is 16.8 Å². The summed E-state index contributed by atoms with van der Waals surface area (Å²) >= 11 is 1.20. The molecule has 0 atom stereocenters. The molecule has 0 aliphatic carbocycles. The van der Waals surface area contributed by atoms with Crippen molar-refractivity contribution in [1.82, 2.24) is 9.88 Å². The average Bonchev–Trinajstić information content (AvgIpc) is 3.11. The molecule has 0 saturated heterocycles. The lowest BCUT2D eigenvalue weighted by atomic mass is 10.1. The maximum Gasteiger partial charge on any atom is 0.416 e. The molecule has 0 bridgehead atoms. The van der Waals surface area contributed by atoms with Crippen molar-refractivity contribution in [2.75, 3.05) is 6.54 Å². The molecule has 0 spiro atoms. The molecule has 1 aromatic carbocycles. The van der Waals surface area contributed by atoms with Crippen LogP contribution in [0.2, 0.25) is 0 Å². The number of rotatable bonds is 3. The lowest BCUT2D eigenvalue weighted by Gasteiger charge is -2.22. The van der Waals surface area contributed by atoms with Gasteiger partial charge in [0, 0.05) is 17.0 Å². The molecule has 2 heterocycles. The van der Waals surface area contributed by atoms with Crippen molar-refractivity contribution in [2.24, 2.45) is 0 Å². The molecule has 0 amide bonds. The van der Waals surface area contributed by atoms with Crippen molar-refractivity contribution in [3.63, 3.8) is 0 Å². The number of alkyl halides is 3. The number of aliphatic hydroxyl groups excluding tert-OH is 1. The van der Waals surface area contributed by atoms with E-state index in [9.17, 15) is 18.3 Å². The van der Waals surface area contributed by atoms with Gasteiger partial charge >= 0.3 is 6.18 Å². The first-order valence-corrected chi connectivity index (χ1v) is 8.47. The summed E-state index contributed by atoms with van der Waals surface area (Å²) in [6, 6.07) is 5.01. The number of aromatic nitrogens is 1. The normalized spacial score (nSPS) is 15.6. The van der Waals surface area contributed by atoms with Gasteiger partial charge in [-0.2, -0.15) is 13.2 Å². The summed E-state index contributed by atoms with van der Waals surface area (Å²) in [5.74, 6) is 0.237. The summed E-state index contributed by atoms with van der Waals surface area (Å²) in [6.07, 6.45) is -4.42. The second kappa shape index (κ2) is 6.18. The van der Waals surface area contributed by atoms with Crippen molar-refractivity contribution in [3.05, 3.63) is 46.0 Å². The Morgan fingerprint density at radius 2 is 2.04 bits per heavy atom. The summed E-state index contributed by atoms with van der Waals surface area (Å²) in [5.41, 5.74) is 0.350. The Kier molecular flexibility index (Phi) is 4.32. The molecule has 4 nitrogen and oxygen atoms in total. The predicted octanol–water partition coefficient (Wildman–Crippen LogP) is 4.80. The largest absolute Gasteiger partial charge is 0.510 e. The number of halogens is 3. The predicted molar refractivity (Wildman–Crippen MR) is 91.7 cm³/mol. The molecule has 3 rings (SSSR count). The minimum atomic E-state index is -4.42. The number of nitrogens with one attached hydrogen (secondary N) is 1. The molecule has 8 heteroatoms. The van der Waals surface area contributed by atoms with Crippen LogP contribution >= 0.6 is 11.3 Å². The van der Waals surface area contributed by atoms with Gasteiger partial charge in [0.2, 0.25) is 0 Å². The molecule has 1 aliphatic heterocycles. The molecule has 0 fully saturated rings. The second-order valence-electron chi connectivity index (χ2n) is 6.01. The summed E-state index contributed by atoms with van der Waals surface area (Å²) in [5, 5.41) is 20.5. The van der Waals surface area contributed by atoms with Crippen LogP contribution in [0.5, 0.6) is 0 Å². The van der Waals surface area contributed by atoms with E-state index in [2.05, 4.69) is 4.98 Å². The smallest absolute Gasteiger partial charge is 0.416 e. The van der Waals surface area contributed by atoms with Gasteiger partial charge in [0.15, 0.2) is 0 Å². The molecule has 1 aromatic heterocycles. The minimum Gasteiger partial charge on any atom is -0.510 e. The van der Waals surface area contributed by atoms with Crippen molar-refractivity contribution in [2.45, 2.75) is 26.1 Å². The Hall–Kier alpha value is -2.35. The maximum atomic E-state index is 12.9. The van der Waals surface area contributed by atoms with Gasteiger partial charge in [0.05, 0.1) is 23.4 Å². The lowest BCUT2D eigenvalue weighted by molar-refractivity contribution is -0.137. The van der Waals surface area contributed by atoms with E-state index < -0.39 is 11.7 Å². The van der Waals surface area contributed by atoms with Crippen LogP contribution in [-0.2, 0) is 6.18 Å². The standard InChI is InChI=1S/C17H16F3N3OS/c1-9(2)23-7-13(24)14(15(23)21)16-22-12(8-25-16)10-4-3-5-11(6-10)17(18,19)20/h3-6,8-9,21,24H,7H2,1-2H3. The first-order valence-electron chi connectivity index (χ1n) is 7.59. The van der Waals surface area contributed by atoms with E-state index in [-0.39, 0.29) is 24.2 Å².